The van der Waals surface area contributed by atoms with Crippen LogP contribution >= 0.6 is 23.8 Å². The van der Waals surface area contributed by atoms with E-state index in [4.69, 9.17) is 33.3 Å². The van der Waals surface area contributed by atoms with Crippen LogP contribution < -0.4 is 20.2 Å². The normalized spacial score (nSPS) is 10.5. The summed E-state index contributed by atoms with van der Waals surface area (Å²) in [5, 5.41) is 8.06. The SMILES string of the molecule is CCOc1cc(/C=N/NC(=S)Nc2ccccc2)ccc1OC(=O)c1ccc(Cl)cc1. The van der Waals surface area contributed by atoms with Crippen molar-refractivity contribution in [3.63, 3.8) is 0 Å². The van der Waals surface area contributed by atoms with Crippen molar-refractivity contribution in [3.05, 3.63) is 88.9 Å². The fourth-order valence-electron chi connectivity index (χ4n) is 2.55. The van der Waals surface area contributed by atoms with Crippen LogP contribution in [0.2, 0.25) is 5.02 Å². The maximum Gasteiger partial charge on any atom is 0.343 e. The lowest BCUT2D eigenvalue weighted by molar-refractivity contribution is 0.0728. The zero-order chi connectivity index (χ0) is 22.1. The standard InChI is InChI=1S/C23H20ClN3O3S/c1-2-29-21-14-16(15-25-27-23(31)26-19-6-4-3-5-7-19)8-13-20(21)30-22(28)17-9-11-18(24)12-10-17/h3-15H,2H2,1H3,(H2,26,27,31)/b25-15+. The van der Waals surface area contributed by atoms with Crippen molar-refractivity contribution >= 4 is 46.8 Å². The maximum atomic E-state index is 12.4. The zero-order valence-electron chi connectivity index (χ0n) is 16.7. The first-order valence-electron chi connectivity index (χ1n) is 9.45. The van der Waals surface area contributed by atoms with Crippen LogP contribution in [0, 0.1) is 0 Å². The van der Waals surface area contributed by atoms with Crippen LogP contribution in [0.15, 0.2) is 77.9 Å². The molecule has 0 saturated carbocycles. The molecule has 3 aromatic carbocycles. The number of benzene rings is 3. The smallest absolute Gasteiger partial charge is 0.343 e. The Bertz CT molecular complexity index is 1070. The Labute approximate surface area is 190 Å². The van der Waals surface area contributed by atoms with E-state index < -0.39 is 5.97 Å². The van der Waals surface area contributed by atoms with Gasteiger partial charge >= 0.3 is 5.97 Å². The lowest BCUT2D eigenvalue weighted by atomic mass is 10.2. The fraction of sp³-hybridized carbons (Fsp3) is 0.0870. The van der Waals surface area contributed by atoms with Crippen LogP contribution in [0.5, 0.6) is 11.5 Å². The number of para-hydroxylation sites is 1. The molecule has 0 atom stereocenters. The van der Waals surface area contributed by atoms with Gasteiger partial charge in [-0.1, -0.05) is 29.8 Å². The number of carbonyl (C=O) groups excluding carboxylic acids is 1. The van der Waals surface area contributed by atoms with E-state index in [-0.39, 0.29) is 0 Å². The molecule has 0 aliphatic carbocycles. The average Bonchev–Trinajstić information content (AvgIpc) is 2.77. The Kier molecular flexibility index (Phi) is 7.98. The van der Waals surface area contributed by atoms with E-state index in [0.29, 0.717) is 33.8 Å². The van der Waals surface area contributed by atoms with Gasteiger partial charge in [-0.25, -0.2) is 4.79 Å². The number of rotatable bonds is 7. The summed E-state index contributed by atoms with van der Waals surface area (Å²) in [6, 6.07) is 21.1. The highest BCUT2D eigenvalue weighted by Crippen LogP contribution is 2.29. The predicted octanol–water partition coefficient (Wildman–Crippen LogP) is 5.28. The summed E-state index contributed by atoms with van der Waals surface area (Å²) >= 11 is 11.1. The molecule has 0 aliphatic rings. The lowest BCUT2D eigenvalue weighted by Gasteiger charge is -2.11. The van der Waals surface area contributed by atoms with Crippen LogP contribution in [0.4, 0.5) is 5.69 Å². The molecule has 0 unspecified atom stereocenters. The lowest BCUT2D eigenvalue weighted by Crippen LogP contribution is -2.23. The molecule has 3 rings (SSSR count). The molecule has 158 valence electrons. The summed E-state index contributed by atoms with van der Waals surface area (Å²) in [5.74, 6) is 0.241. The molecule has 0 aliphatic heterocycles. The number of ether oxygens (including phenoxy) is 2. The zero-order valence-corrected chi connectivity index (χ0v) is 18.2. The van der Waals surface area contributed by atoms with Crippen LogP contribution in [0.3, 0.4) is 0 Å². The van der Waals surface area contributed by atoms with E-state index in [9.17, 15) is 4.79 Å². The van der Waals surface area contributed by atoms with Gasteiger partial charge in [0.05, 0.1) is 18.4 Å². The molecule has 0 bridgehead atoms. The second-order valence-electron chi connectivity index (χ2n) is 6.23. The molecule has 6 nitrogen and oxygen atoms in total. The molecule has 0 fully saturated rings. The summed E-state index contributed by atoms with van der Waals surface area (Å²) in [7, 11) is 0. The van der Waals surface area contributed by atoms with E-state index in [1.807, 2.05) is 37.3 Å². The fourth-order valence-corrected chi connectivity index (χ4v) is 2.84. The van der Waals surface area contributed by atoms with Gasteiger partial charge in [0.1, 0.15) is 0 Å². The number of carbonyl (C=O) groups is 1. The molecule has 0 spiro atoms. The summed E-state index contributed by atoms with van der Waals surface area (Å²) in [5.41, 5.74) is 4.75. The Morgan fingerprint density at radius 2 is 1.81 bits per heavy atom. The molecule has 31 heavy (non-hydrogen) atoms. The van der Waals surface area contributed by atoms with E-state index in [0.717, 1.165) is 11.3 Å². The Hall–Kier alpha value is -3.42. The van der Waals surface area contributed by atoms with Gasteiger partial charge in [-0.2, -0.15) is 5.10 Å². The van der Waals surface area contributed by atoms with Gasteiger partial charge < -0.3 is 14.8 Å². The molecular weight excluding hydrogens is 434 g/mol. The number of anilines is 1. The first-order valence-corrected chi connectivity index (χ1v) is 10.2. The number of nitrogens with zero attached hydrogens (tertiary/aromatic N) is 1. The third-order valence-electron chi connectivity index (χ3n) is 3.96. The highest BCUT2D eigenvalue weighted by molar-refractivity contribution is 7.80. The molecular formula is C23H20ClN3O3S. The first-order chi connectivity index (χ1) is 15.0. The monoisotopic (exact) mass is 453 g/mol. The Morgan fingerprint density at radius 1 is 1.06 bits per heavy atom. The maximum absolute atomic E-state index is 12.4. The van der Waals surface area contributed by atoms with Crippen LogP contribution in [-0.2, 0) is 0 Å². The molecule has 0 aromatic heterocycles. The summed E-state index contributed by atoms with van der Waals surface area (Å²) in [4.78, 5) is 12.4. The minimum atomic E-state index is -0.502. The highest BCUT2D eigenvalue weighted by Gasteiger charge is 2.13. The Balaban J connectivity index is 1.65. The van der Waals surface area contributed by atoms with Gasteiger partial charge in [-0.3, -0.25) is 5.43 Å². The minimum absolute atomic E-state index is 0.313. The molecule has 0 radical (unpaired) electrons. The topological polar surface area (TPSA) is 71.9 Å². The quantitative estimate of drug-likeness (QED) is 0.167. The predicted molar refractivity (Wildman–Crippen MR) is 127 cm³/mol. The van der Waals surface area contributed by atoms with Gasteiger partial charge in [0, 0.05) is 10.7 Å². The van der Waals surface area contributed by atoms with Crippen molar-refractivity contribution < 1.29 is 14.3 Å². The summed E-state index contributed by atoms with van der Waals surface area (Å²) in [6.07, 6.45) is 1.59. The van der Waals surface area contributed by atoms with Crippen molar-refractivity contribution in [1.29, 1.82) is 0 Å². The van der Waals surface area contributed by atoms with Crippen LogP contribution in [0.25, 0.3) is 0 Å². The average molecular weight is 454 g/mol. The number of nitrogens with one attached hydrogen (secondary N) is 2. The number of thiocarbonyl (C=S) groups is 1. The van der Waals surface area contributed by atoms with Crippen LogP contribution in [0.1, 0.15) is 22.8 Å². The molecule has 8 heteroatoms. The first kappa shape index (κ1) is 22.3. The minimum Gasteiger partial charge on any atom is -0.490 e. The summed E-state index contributed by atoms with van der Waals surface area (Å²) in [6.45, 7) is 2.26. The van der Waals surface area contributed by atoms with E-state index in [1.165, 1.54) is 0 Å². The molecule has 0 amide bonds. The van der Waals surface area contributed by atoms with Crippen LogP contribution in [-0.4, -0.2) is 23.9 Å². The molecule has 0 heterocycles. The summed E-state index contributed by atoms with van der Waals surface area (Å²) < 4.78 is 11.1. The Morgan fingerprint density at radius 3 is 2.52 bits per heavy atom. The van der Waals surface area contributed by atoms with Crippen molar-refractivity contribution in [2.24, 2.45) is 5.10 Å². The van der Waals surface area contributed by atoms with Crippen molar-refractivity contribution in [3.8, 4) is 11.5 Å². The third kappa shape index (κ3) is 6.80. The van der Waals surface area contributed by atoms with E-state index in [1.54, 1.807) is 48.7 Å². The highest BCUT2D eigenvalue weighted by atomic mass is 35.5. The van der Waals surface area contributed by atoms with Gasteiger partial charge in [0.25, 0.3) is 0 Å². The largest absolute Gasteiger partial charge is 0.490 e. The second kappa shape index (κ2) is 11.1. The van der Waals surface area contributed by atoms with Gasteiger partial charge in [0.2, 0.25) is 0 Å². The van der Waals surface area contributed by atoms with Crippen molar-refractivity contribution in [1.82, 2.24) is 5.43 Å². The van der Waals surface area contributed by atoms with Gasteiger partial charge in [0.15, 0.2) is 16.6 Å². The van der Waals surface area contributed by atoms with Crippen molar-refractivity contribution in [2.75, 3.05) is 11.9 Å². The van der Waals surface area contributed by atoms with Crippen molar-refractivity contribution in [2.45, 2.75) is 6.92 Å². The molecule has 2 N–H and O–H groups in total. The van der Waals surface area contributed by atoms with E-state index >= 15 is 0 Å². The number of esters is 1. The number of hydrogen-bond acceptors (Lipinski definition) is 5. The van der Waals surface area contributed by atoms with E-state index in [2.05, 4.69) is 15.8 Å². The number of hydrazone groups is 1. The third-order valence-corrected chi connectivity index (χ3v) is 4.41. The molecule has 0 saturated heterocycles. The second-order valence-corrected chi connectivity index (χ2v) is 7.07. The number of halogens is 1. The number of hydrogen-bond donors (Lipinski definition) is 2. The van der Waals surface area contributed by atoms with Gasteiger partial charge in [-0.15, -0.1) is 0 Å². The van der Waals surface area contributed by atoms with Gasteiger partial charge in [-0.05, 0) is 79.3 Å². The molecule has 3 aromatic rings.